The number of nitriles is 1. The SMILES string of the molecule is COc1c(C(C)n2nc(C)c3c2NCN=C3N)cc(Cl)c(C#N)c1-c1ccc(C(=O)N(C)C)nc1. The van der Waals surface area contributed by atoms with Crippen LogP contribution in [0, 0.1) is 18.3 Å². The lowest BCUT2D eigenvalue weighted by Crippen LogP contribution is -2.24. The van der Waals surface area contributed by atoms with Gasteiger partial charge in [0.2, 0.25) is 0 Å². The standard InChI is InChI=1S/C24H25ClN8O2/c1-12-19-22(27)29-11-30-23(19)33(31-12)13(2)15-8-17(25)16(9-26)20(21(15)35-5)14-6-7-18(28-10-14)24(34)32(3)4/h6-8,10,13,30H,11H2,1-5H3,(H2,27,29). The van der Waals surface area contributed by atoms with E-state index in [0.717, 1.165) is 17.1 Å². The maximum absolute atomic E-state index is 12.3. The normalized spacial score (nSPS) is 13.2. The van der Waals surface area contributed by atoms with E-state index in [2.05, 4.69) is 21.4 Å². The Bertz CT molecular complexity index is 1390. The van der Waals surface area contributed by atoms with Crippen molar-refractivity contribution in [3.05, 3.63) is 57.5 Å². The number of carbonyl (C=O) groups is 1. The summed E-state index contributed by atoms with van der Waals surface area (Å²) in [6.07, 6.45) is 1.54. The van der Waals surface area contributed by atoms with Crippen LogP contribution in [0.25, 0.3) is 11.1 Å². The number of rotatable bonds is 5. The Morgan fingerprint density at radius 2 is 2.11 bits per heavy atom. The number of hydrogen-bond donors (Lipinski definition) is 2. The molecule has 0 saturated heterocycles. The van der Waals surface area contributed by atoms with Crippen LogP contribution in [-0.2, 0) is 0 Å². The van der Waals surface area contributed by atoms with Crippen molar-refractivity contribution in [2.75, 3.05) is 33.2 Å². The molecule has 10 nitrogen and oxygen atoms in total. The average molecular weight is 493 g/mol. The summed E-state index contributed by atoms with van der Waals surface area (Å²) in [6, 6.07) is 6.90. The fourth-order valence-corrected chi connectivity index (χ4v) is 4.43. The highest BCUT2D eigenvalue weighted by molar-refractivity contribution is 6.32. The molecule has 11 heteroatoms. The van der Waals surface area contributed by atoms with Crippen molar-refractivity contribution in [3.8, 4) is 22.9 Å². The van der Waals surface area contributed by atoms with Gasteiger partial charge < -0.3 is 20.7 Å². The third-order valence-corrected chi connectivity index (χ3v) is 6.21. The van der Waals surface area contributed by atoms with Gasteiger partial charge in [-0.1, -0.05) is 17.7 Å². The van der Waals surface area contributed by atoms with E-state index in [4.69, 9.17) is 27.2 Å². The van der Waals surface area contributed by atoms with Crippen molar-refractivity contribution in [2.45, 2.75) is 19.9 Å². The predicted octanol–water partition coefficient (Wildman–Crippen LogP) is 3.19. The van der Waals surface area contributed by atoms with Crippen LogP contribution in [-0.4, -0.2) is 59.3 Å². The Balaban J connectivity index is 1.89. The molecule has 1 unspecified atom stereocenters. The molecule has 0 radical (unpaired) electrons. The number of halogens is 1. The summed E-state index contributed by atoms with van der Waals surface area (Å²) in [4.78, 5) is 22.3. The van der Waals surface area contributed by atoms with Crippen LogP contribution in [0.3, 0.4) is 0 Å². The summed E-state index contributed by atoms with van der Waals surface area (Å²) in [7, 11) is 4.85. The molecule has 1 atom stereocenters. The second-order valence-corrected chi connectivity index (χ2v) is 8.69. The highest BCUT2D eigenvalue weighted by Gasteiger charge is 2.28. The number of benzene rings is 1. The predicted molar refractivity (Wildman–Crippen MR) is 134 cm³/mol. The number of nitrogens with zero attached hydrogens (tertiary/aromatic N) is 6. The summed E-state index contributed by atoms with van der Waals surface area (Å²) >= 11 is 6.60. The van der Waals surface area contributed by atoms with Crippen molar-refractivity contribution in [2.24, 2.45) is 10.7 Å². The zero-order chi connectivity index (χ0) is 25.4. The number of hydrogen-bond acceptors (Lipinski definition) is 8. The Morgan fingerprint density at radius 3 is 2.71 bits per heavy atom. The zero-order valence-electron chi connectivity index (χ0n) is 20.0. The van der Waals surface area contributed by atoms with E-state index in [1.807, 2.05) is 18.5 Å². The Labute approximate surface area is 208 Å². The summed E-state index contributed by atoms with van der Waals surface area (Å²) in [5.41, 5.74) is 9.95. The molecular weight excluding hydrogens is 468 g/mol. The van der Waals surface area contributed by atoms with Gasteiger partial charge in [0.25, 0.3) is 5.91 Å². The van der Waals surface area contributed by atoms with Gasteiger partial charge in [0.15, 0.2) is 0 Å². The lowest BCUT2D eigenvalue weighted by atomic mass is 9.94. The molecule has 35 heavy (non-hydrogen) atoms. The molecular formula is C24H25ClN8O2. The summed E-state index contributed by atoms with van der Waals surface area (Å²) in [5, 5.41) is 18.1. The molecule has 3 aromatic rings. The second-order valence-electron chi connectivity index (χ2n) is 8.28. The molecule has 0 fully saturated rings. The van der Waals surface area contributed by atoms with Crippen molar-refractivity contribution < 1.29 is 9.53 Å². The minimum Gasteiger partial charge on any atom is -0.496 e. The number of aromatic nitrogens is 3. The summed E-state index contributed by atoms with van der Waals surface area (Å²) in [6.45, 7) is 4.17. The van der Waals surface area contributed by atoms with Crippen molar-refractivity contribution in [1.82, 2.24) is 19.7 Å². The van der Waals surface area contributed by atoms with Gasteiger partial charge in [-0.15, -0.1) is 0 Å². The molecule has 2 aromatic heterocycles. The quantitative estimate of drug-likeness (QED) is 0.558. The first-order chi connectivity index (χ1) is 16.7. The average Bonchev–Trinajstić information content (AvgIpc) is 3.20. The largest absolute Gasteiger partial charge is 0.496 e. The first kappa shape index (κ1) is 24.0. The number of nitrogens with one attached hydrogen (secondary N) is 1. The summed E-state index contributed by atoms with van der Waals surface area (Å²) < 4.78 is 7.65. The minimum atomic E-state index is -0.336. The number of nitrogens with two attached hydrogens (primary N) is 1. The summed E-state index contributed by atoms with van der Waals surface area (Å²) in [5.74, 6) is 1.42. The topological polar surface area (TPSA) is 134 Å². The monoisotopic (exact) mass is 492 g/mol. The van der Waals surface area contributed by atoms with Crippen LogP contribution in [0.5, 0.6) is 5.75 Å². The molecule has 3 heterocycles. The number of pyridine rings is 1. The Morgan fingerprint density at radius 1 is 1.37 bits per heavy atom. The molecule has 180 valence electrons. The van der Waals surface area contributed by atoms with E-state index >= 15 is 0 Å². The van der Waals surface area contributed by atoms with E-state index in [1.54, 1.807) is 38.5 Å². The van der Waals surface area contributed by atoms with Gasteiger partial charge in [-0.3, -0.25) is 9.78 Å². The Hall–Kier alpha value is -4.10. The van der Waals surface area contributed by atoms with Crippen LogP contribution in [0.15, 0.2) is 29.4 Å². The number of carbonyl (C=O) groups excluding carboxylic acids is 1. The first-order valence-corrected chi connectivity index (χ1v) is 11.2. The number of fused-ring (bicyclic) bond motifs is 1. The lowest BCUT2D eigenvalue weighted by Gasteiger charge is -2.23. The van der Waals surface area contributed by atoms with E-state index in [0.29, 0.717) is 34.9 Å². The molecule has 1 aromatic carbocycles. The van der Waals surface area contributed by atoms with E-state index < -0.39 is 0 Å². The van der Waals surface area contributed by atoms with Gasteiger partial charge in [0.05, 0.1) is 35.0 Å². The lowest BCUT2D eigenvalue weighted by molar-refractivity contribution is 0.0822. The van der Waals surface area contributed by atoms with Crippen molar-refractivity contribution >= 4 is 29.2 Å². The fraction of sp³-hybridized carbons (Fsp3) is 0.292. The van der Waals surface area contributed by atoms with Crippen LogP contribution in [0.1, 0.15) is 45.8 Å². The van der Waals surface area contributed by atoms with Gasteiger partial charge in [0.1, 0.15) is 35.8 Å². The number of amidine groups is 1. The number of aryl methyl sites for hydroxylation is 1. The molecule has 0 bridgehead atoms. The maximum atomic E-state index is 12.3. The van der Waals surface area contributed by atoms with Crippen LogP contribution in [0.4, 0.5) is 5.82 Å². The van der Waals surface area contributed by atoms with E-state index in [9.17, 15) is 10.1 Å². The molecule has 1 amide bonds. The van der Waals surface area contributed by atoms with Crippen LogP contribution in [0.2, 0.25) is 5.02 Å². The molecule has 0 spiro atoms. The van der Waals surface area contributed by atoms with E-state index in [1.165, 1.54) is 12.0 Å². The highest BCUT2D eigenvalue weighted by Crippen LogP contribution is 2.43. The van der Waals surface area contributed by atoms with Crippen LogP contribution < -0.4 is 15.8 Å². The smallest absolute Gasteiger partial charge is 0.271 e. The van der Waals surface area contributed by atoms with Crippen LogP contribution >= 0.6 is 11.6 Å². The number of methoxy groups -OCH3 is 1. The fourth-order valence-electron chi connectivity index (χ4n) is 4.18. The number of aliphatic imine (C=N–C) groups is 1. The Kier molecular flexibility index (Phi) is 6.37. The third kappa shape index (κ3) is 4.04. The number of ether oxygens (including phenoxy) is 1. The van der Waals surface area contributed by atoms with Gasteiger partial charge >= 0.3 is 0 Å². The highest BCUT2D eigenvalue weighted by atomic mass is 35.5. The van der Waals surface area contributed by atoms with Gasteiger partial charge in [0, 0.05) is 37.0 Å². The molecule has 4 rings (SSSR count). The maximum Gasteiger partial charge on any atom is 0.271 e. The van der Waals surface area contributed by atoms with Gasteiger partial charge in [-0.25, -0.2) is 9.67 Å². The number of anilines is 1. The minimum absolute atomic E-state index is 0.224. The van der Waals surface area contributed by atoms with Gasteiger partial charge in [-0.05, 0) is 26.0 Å². The molecule has 0 saturated carbocycles. The van der Waals surface area contributed by atoms with Gasteiger partial charge in [-0.2, -0.15) is 10.4 Å². The zero-order valence-corrected chi connectivity index (χ0v) is 20.8. The second kappa shape index (κ2) is 9.27. The number of amides is 1. The molecule has 1 aliphatic rings. The molecule has 3 N–H and O–H groups in total. The first-order valence-electron chi connectivity index (χ1n) is 10.8. The molecule has 0 aliphatic carbocycles. The van der Waals surface area contributed by atoms with Crippen molar-refractivity contribution in [3.63, 3.8) is 0 Å². The third-order valence-electron chi connectivity index (χ3n) is 5.91. The van der Waals surface area contributed by atoms with Crippen molar-refractivity contribution in [1.29, 1.82) is 5.26 Å². The molecule has 1 aliphatic heterocycles. The van der Waals surface area contributed by atoms with E-state index in [-0.39, 0.29) is 28.2 Å².